The van der Waals surface area contributed by atoms with E-state index in [-0.39, 0.29) is 30.7 Å². The first kappa shape index (κ1) is 22.1. The summed E-state index contributed by atoms with van der Waals surface area (Å²) in [4.78, 5) is 37.1. The topological polar surface area (TPSA) is 102 Å². The van der Waals surface area contributed by atoms with Gasteiger partial charge in [-0.2, -0.15) is 0 Å². The summed E-state index contributed by atoms with van der Waals surface area (Å²) in [6.45, 7) is 2.08. The predicted molar refractivity (Wildman–Crippen MR) is 125 cm³/mol. The number of carboxylic acid groups (broad SMARTS) is 1. The zero-order valence-corrected chi connectivity index (χ0v) is 18.1. The Morgan fingerprint density at radius 1 is 0.939 bits per heavy atom. The summed E-state index contributed by atoms with van der Waals surface area (Å²) in [7, 11) is 0. The van der Waals surface area contributed by atoms with Crippen molar-refractivity contribution < 1.29 is 14.7 Å². The van der Waals surface area contributed by atoms with Gasteiger partial charge >= 0.3 is 5.97 Å². The molecule has 1 N–H and O–H groups in total. The Balaban J connectivity index is 1.44. The van der Waals surface area contributed by atoms with Crippen molar-refractivity contribution in [3.63, 3.8) is 0 Å². The lowest BCUT2D eigenvalue weighted by atomic mass is 9.94. The smallest absolute Gasteiger partial charge is 0.307 e. The van der Waals surface area contributed by atoms with Crippen LogP contribution in [0, 0.1) is 12.8 Å². The van der Waals surface area contributed by atoms with Gasteiger partial charge in [-0.25, -0.2) is 4.68 Å². The fraction of sp³-hybridized carbons (Fsp3) is 0.192. The third kappa shape index (κ3) is 5.03. The Bertz CT molecular complexity index is 1360. The number of nitrogens with zero attached hydrogens (tertiary/aromatic N) is 3. The van der Waals surface area contributed by atoms with Crippen LogP contribution in [0.1, 0.15) is 28.8 Å². The number of hydrogen-bond acceptors (Lipinski definition) is 5. The number of carboxylic acids is 1. The normalized spacial score (nSPS) is 11.9. The van der Waals surface area contributed by atoms with Crippen LogP contribution in [0.3, 0.4) is 0 Å². The summed E-state index contributed by atoms with van der Waals surface area (Å²) in [5.74, 6) is -2.27. The van der Waals surface area contributed by atoms with Crippen molar-refractivity contribution in [3.8, 4) is 11.1 Å². The largest absolute Gasteiger partial charge is 0.481 e. The molecule has 4 aromatic rings. The van der Waals surface area contributed by atoms with Crippen LogP contribution in [0.4, 0.5) is 0 Å². The lowest BCUT2D eigenvalue weighted by Crippen LogP contribution is -2.27. The quantitative estimate of drug-likeness (QED) is 0.413. The molecule has 4 rings (SSSR count). The van der Waals surface area contributed by atoms with Gasteiger partial charge in [0.15, 0.2) is 5.78 Å². The standard InChI is InChI=1S/C26H23N3O4/c1-17-6-8-18(9-7-17)19-10-12-20(13-11-19)24(30)16-21(26(32)33)14-15-29-25(31)22-4-2-3-5-23(22)27-28-29/h2-13,21H,14-16H2,1H3,(H,32,33). The fourth-order valence-corrected chi connectivity index (χ4v) is 3.70. The average Bonchev–Trinajstić information content (AvgIpc) is 2.83. The molecule has 1 atom stereocenters. The number of rotatable bonds is 8. The molecule has 1 unspecified atom stereocenters. The van der Waals surface area contributed by atoms with Crippen LogP contribution in [0.2, 0.25) is 0 Å². The molecule has 166 valence electrons. The van der Waals surface area contributed by atoms with E-state index in [9.17, 15) is 19.5 Å². The molecule has 0 aliphatic carbocycles. The van der Waals surface area contributed by atoms with Gasteiger partial charge in [-0.3, -0.25) is 14.4 Å². The molecule has 33 heavy (non-hydrogen) atoms. The minimum Gasteiger partial charge on any atom is -0.481 e. The number of benzene rings is 3. The van der Waals surface area contributed by atoms with E-state index in [4.69, 9.17) is 0 Å². The van der Waals surface area contributed by atoms with E-state index in [1.807, 2.05) is 43.3 Å². The Kier molecular flexibility index (Phi) is 6.40. The maximum atomic E-state index is 12.7. The second-order valence-electron chi connectivity index (χ2n) is 8.03. The Morgan fingerprint density at radius 2 is 1.58 bits per heavy atom. The highest BCUT2D eigenvalue weighted by Gasteiger charge is 2.22. The highest BCUT2D eigenvalue weighted by atomic mass is 16.4. The van der Waals surface area contributed by atoms with Gasteiger partial charge in [-0.05, 0) is 36.6 Å². The molecular weight excluding hydrogens is 418 g/mol. The minimum atomic E-state index is -1.08. The highest BCUT2D eigenvalue weighted by molar-refractivity contribution is 5.98. The molecule has 0 amide bonds. The molecule has 1 heterocycles. The summed E-state index contributed by atoms with van der Waals surface area (Å²) in [6.07, 6.45) is -0.0651. The molecular formula is C26H23N3O4. The maximum absolute atomic E-state index is 12.7. The van der Waals surface area contributed by atoms with Crippen molar-refractivity contribution in [2.45, 2.75) is 26.3 Å². The second kappa shape index (κ2) is 9.56. The number of aromatic nitrogens is 3. The zero-order chi connectivity index (χ0) is 23.4. The fourth-order valence-electron chi connectivity index (χ4n) is 3.70. The van der Waals surface area contributed by atoms with Crippen molar-refractivity contribution in [3.05, 3.63) is 94.3 Å². The Hall–Kier alpha value is -4.13. The molecule has 0 bridgehead atoms. The van der Waals surface area contributed by atoms with Crippen molar-refractivity contribution in [2.24, 2.45) is 5.92 Å². The van der Waals surface area contributed by atoms with Gasteiger partial charge in [0.25, 0.3) is 5.56 Å². The van der Waals surface area contributed by atoms with Gasteiger partial charge in [-0.1, -0.05) is 71.4 Å². The van der Waals surface area contributed by atoms with Crippen LogP contribution >= 0.6 is 0 Å². The zero-order valence-electron chi connectivity index (χ0n) is 18.1. The molecule has 0 fully saturated rings. The van der Waals surface area contributed by atoms with Gasteiger partial charge < -0.3 is 5.11 Å². The van der Waals surface area contributed by atoms with E-state index < -0.39 is 11.9 Å². The SMILES string of the molecule is Cc1ccc(-c2ccc(C(=O)CC(CCn3nnc4ccccc4c3=O)C(=O)O)cc2)cc1. The molecule has 0 spiro atoms. The van der Waals surface area contributed by atoms with E-state index in [1.165, 1.54) is 5.56 Å². The number of carbonyl (C=O) groups is 2. The lowest BCUT2D eigenvalue weighted by Gasteiger charge is -2.12. The van der Waals surface area contributed by atoms with Crippen LogP contribution in [-0.2, 0) is 11.3 Å². The van der Waals surface area contributed by atoms with E-state index >= 15 is 0 Å². The molecule has 3 aromatic carbocycles. The maximum Gasteiger partial charge on any atom is 0.307 e. The number of aryl methyl sites for hydroxylation is 2. The molecule has 0 saturated carbocycles. The highest BCUT2D eigenvalue weighted by Crippen LogP contribution is 2.22. The number of hydrogen-bond donors (Lipinski definition) is 1. The number of aliphatic carboxylic acids is 1. The minimum absolute atomic E-state index is 0.0628. The van der Waals surface area contributed by atoms with E-state index in [0.29, 0.717) is 16.5 Å². The Morgan fingerprint density at radius 3 is 2.24 bits per heavy atom. The predicted octanol–water partition coefficient (Wildman–Crippen LogP) is 4.13. The lowest BCUT2D eigenvalue weighted by molar-refractivity contribution is -0.142. The summed E-state index contributed by atoms with van der Waals surface area (Å²) >= 11 is 0. The molecule has 1 aromatic heterocycles. The van der Waals surface area contributed by atoms with Crippen molar-refractivity contribution in [1.82, 2.24) is 15.0 Å². The van der Waals surface area contributed by atoms with Crippen LogP contribution in [0.15, 0.2) is 77.6 Å². The first-order valence-electron chi connectivity index (χ1n) is 10.7. The molecule has 0 radical (unpaired) electrons. The van der Waals surface area contributed by atoms with E-state index in [1.54, 1.807) is 36.4 Å². The first-order valence-corrected chi connectivity index (χ1v) is 10.7. The van der Waals surface area contributed by atoms with Crippen LogP contribution < -0.4 is 5.56 Å². The second-order valence-corrected chi connectivity index (χ2v) is 8.03. The summed E-state index contributed by atoms with van der Waals surface area (Å²) < 4.78 is 1.15. The van der Waals surface area contributed by atoms with Gasteiger partial charge in [-0.15, -0.1) is 5.10 Å². The number of fused-ring (bicyclic) bond motifs is 1. The Labute approximate surface area is 190 Å². The number of carbonyl (C=O) groups excluding carboxylic acids is 1. The number of Topliss-reactive ketones (excluding diaryl/α,β-unsaturated/α-hetero) is 1. The van der Waals surface area contributed by atoms with E-state index in [2.05, 4.69) is 10.3 Å². The van der Waals surface area contributed by atoms with Crippen molar-refractivity contribution in [2.75, 3.05) is 0 Å². The average molecular weight is 441 g/mol. The third-order valence-electron chi connectivity index (χ3n) is 5.69. The van der Waals surface area contributed by atoms with Gasteiger partial charge in [0, 0.05) is 18.5 Å². The van der Waals surface area contributed by atoms with Crippen molar-refractivity contribution >= 4 is 22.7 Å². The van der Waals surface area contributed by atoms with Crippen molar-refractivity contribution in [1.29, 1.82) is 0 Å². The first-order chi connectivity index (χ1) is 15.9. The van der Waals surface area contributed by atoms with Crippen LogP contribution in [-0.4, -0.2) is 31.9 Å². The van der Waals surface area contributed by atoms with E-state index in [0.717, 1.165) is 15.8 Å². The molecule has 7 nitrogen and oxygen atoms in total. The molecule has 0 aliphatic heterocycles. The monoisotopic (exact) mass is 441 g/mol. The van der Waals surface area contributed by atoms with Crippen LogP contribution in [0.25, 0.3) is 22.0 Å². The molecule has 7 heteroatoms. The van der Waals surface area contributed by atoms with Gasteiger partial charge in [0.05, 0.1) is 11.3 Å². The molecule has 0 aliphatic rings. The third-order valence-corrected chi connectivity index (χ3v) is 5.69. The summed E-state index contributed by atoms with van der Waals surface area (Å²) in [5, 5.41) is 18.0. The summed E-state index contributed by atoms with van der Waals surface area (Å²) in [5.41, 5.74) is 3.81. The number of ketones is 1. The van der Waals surface area contributed by atoms with Gasteiger partial charge in [0.2, 0.25) is 0 Å². The summed E-state index contributed by atoms with van der Waals surface area (Å²) in [6, 6.07) is 22.1. The van der Waals surface area contributed by atoms with Gasteiger partial charge in [0.1, 0.15) is 5.52 Å². The van der Waals surface area contributed by atoms with Crippen LogP contribution in [0.5, 0.6) is 0 Å². The molecule has 0 saturated heterocycles.